The third kappa shape index (κ3) is 408. The second-order valence-electron chi connectivity index (χ2n) is 0.612. The van der Waals surface area contributed by atoms with E-state index in [2.05, 4.69) is 0 Å². The Morgan fingerprint density at radius 2 is 0.500 bits per heavy atom. The fourth-order valence-corrected chi connectivity index (χ4v) is 0. The largest absolute Gasteiger partial charge is 3.00 e. The van der Waals surface area contributed by atoms with Crippen LogP contribution in [0.3, 0.4) is 0 Å². The van der Waals surface area contributed by atoms with Crippen molar-refractivity contribution < 1.29 is 36.6 Å². The minimum Gasteiger partial charge on any atom is 3.00 e. The zero-order chi connectivity index (χ0) is 10.7. The fraction of sp³-hybridized carbons (Fsp3) is 0. The van der Waals surface area contributed by atoms with Crippen molar-refractivity contribution in [3.63, 3.8) is 0 Å². The molecule has 0 atom stereocenters. The van der Waals surface area contributed by atoms with Gasteiger partial charge in [-0.15, -0.1) is 0 Å². The molecule has 0 amide bonds. The summed E-state index contributed by atoms with van der Waals surface area (Å²) >= 11 is -11.4. The fourth-order valence-electron chi connectivity index (χ4n) is 0. The van der Waals surface area contributed by atoms with Gasteiger partial charge in [0.2, 0.25) is 0 Å². The average Bonchev–Trinajstić information content (AvgIpc) is 1.54. The molecule has 0 aliphatic heterocycles. The van der Waals surface area contributed by atoms with Crippen LogP contribution < -0.4 is 25.1 Å². The van der Waals surface area contributed by atoms with E-state index in [4.69, 9.17) is 36.6 Å². The molecule has 0 N–H and O–H groups in total. The second-order valence-corrected chi connectivity index (χ2v) is 3.18. The van der Waals surface area contributed by atoms with Gasteiger partial charge in [0.05, 0.1) is 0 Å². The Morgan fingerprint density at radius 3 is 0.500 bits per heavy atom. The van der Waals surface area contributed by atoms with Crippen LogP contribution >= 0.6 is 0 Å². The molecule has 0 aliphatic rings. The van der Waals surface area contributed by atoms with Gasteiger partial charge in [0, 0.05) is 0 Å². The molecule has 0 rings (SSSR count). The molecular formula is O9Se3Tl2. The van der Waals surface area contributed by atoms with Crippen LogP contribution in [-0.2, 0) is 11.5 Å². The van der Waals surface area contributed by atoms with Crippen molar-refractivity contribution in [2.75, 3.05) is 0 Å². The summed E-state index contributed by atoms with van der Waals surface area (Å²) in [5, 5.41) is 0. The third-order valence-corrected chi connectivity index (χ3v) is 0. The molecule has 0 fully saturated rings. The molecule has 14 heteroatoms. The van der Waals surface area contributed by atoms with Gasteiger partial charge in [-0.25, -0.2) is 0 Å². The van der Waals surface area contributed by atoms with Crippen molar-refractivity contribution in [1.29, 1.82) is 0 Å². The number of rotatable bonds is 0. The molecule has 0 unspecified atom stereocenters. The van der Waals surface area contributed by atoms with Crippen molar-refractivity contribution in [2.24, 2.45) is 0 Å². The van der Waals surface area contributed by atoms with Crippen LogP contribution in [0.15, 0.2) is 0 Å². The molecule has 0 aromatic carbocycles. The molecule has 0 radical (unpaired) electrons. The maximum absolute atomic E-state index is 8.54. The molecule has 0 heterocycles. The van der Waals surface area contributed by atoms with E-state index in [9.17, 15) is 0 Å². The van der Waals surface area contributed by atoms with Crippen LogP contribution in [0.5, 0.6) is 0 Å². The summed E-state index contributed by atoms with van der Waals surface area (Å²) in [5.41, 5.74) is 0. The van der Waals surface area contributed by atoms with Crippen molar-refractivity contribution in [2.45, 2.75) is 0 Å². The van der Waals surface area contributed by atoms with Gasteiger partial charge < -0.3 is 0 Å². The first-order valence-corrected chi connectivity index (χ1v) is 7.79. The zero-order valence-corrected chi connectivity index (χ0v) is 20.2. The van der Waals surface area contributed by atoms with Crippen LogP contribution in [0.4, 0.5) is 0 Å². The molecule has 14 heavy (non-hydrogen) atoms. The van der Waals surface area contributed by atoms with E-state index >= 15 is 0 Å². The Labute approximate surface area is 133 Å². The second kappa shape index (κ2) is 24.7. The van der Waals surface area contributed by atoms with Crippen LogP contribution in [-0.4, -0.2) is 98.1 Å². The first kappa shape index (κ1) is 30.0. The topological polar surface area (TPSA) is 190 Å². The monoisotopic (exact) mass is 794 g/mol. The first-order chi connectivity index (χ1) is 5.20. The Bertz CT molecular complexity index is 116. The van der Waals surface area contributed by atoms with E-state index in [0.29, 0.717) is 0 Å². The molecule has 0 aromatic heterocycles. The Hall–Kier alpha value is 2.56. The normalized spacial score (nSPS) is 7.50. The van der Waals surface area contributed by atoms with Gasteiger partial charge in [-0.3, -0.25) is 0 Å². The van der Waals surface area contributed by atoms with E-state index in [1.54, 1.807) is 0 Å². The van der Waals surface area contributed by atoms with Crippen LogP contribution in [0, 0.1) is 0 Å². The van der Waals surface area contributed by atoms with Crippen molar-refractivity contribution in [3.8, 4) is 0 Å². The predicted molar refractivity (Wildman–Crippen MR) is 30.8 cm³/mol. The molecule has 0 bridgehead atoms. The summed E-state index contributed by atoms with van der Waals surface area (Å²) in [6, 6.07) is 0. The molecule has 9 nitrogen and oxygen atoms in total. The maximum atomic E-state index is 8.54. The van der Waals surface area contributed by atoms with Crippen LogP contribution in [0.25, 0.3) is 0 Å². The summed E-state index contributed by atoms with van der Waals surface area (Å²) < 4.78 is 76.9. The molecule has 0 aliphatic carbocycles. The van der Waals surface area contributed by atoms with Crippen LogP contribution in [0.2, 0.25) is 0 Å². The molecular weight excluding hydrogens is 790 g/mol. The van der Waals surface area contributed by atoms with E-state index in [1.807, 2.05) is 0 Å². The SMILES string of the molecule is O=[Se]([O-])[O-].O=[Se]([O-])[O-].O=[Se]([O-])[O-].[Tl+3].[Tl+3]. The van der Waals surface area contributed by atoms with Crippen molar-refractivity contribution in [3.05, 3.63) is 0 Å². The summed E-state index contributed by atoms with van der Waals surface area (Å²) in [6.07, 6.45) is 0. The Balaban J connectivity index is -0.0000000270. The zero-order valence-electron chi connectivity index (χ0n) is 6.05. The standard InChI is InChI=1S/3H2O3Se.2Tl/c3*1-4(2)3;;/h3*(H2,1,2,3);;/q;;;2*+3/p-6. The van der Waals surface area contributed by atoms with Gasteiger partial charge in [0.25, 0.3) is 0 Å². The summed E-state index contributed by atoms with van der Waals surface area (Å²) in [7, 11) is 0. The van der Waals surface area contributed by atoms with Gasteiger partial charge in [-0.2, -0.15) is 0 Å². The van der Waals surface area contributed by atoms with E-state index in [1.165, 1.54) is 0 Å². The molecule has 0 saturated heterocycles. The molecule has 0 aromatic rings. The Morgan fingerprint density at radius 1 is 0.500 bits per heavy atom. The van der Waals surface area contributed by atoms with Gasteiger partial charge >= 0.3 is 135 Å². The van der Waals surface area contributed by atoms with E-state index in [-0.39, 0.29) is 54.6 Å². The number of hydrogen-bond donors (Lipinski definition) is 0. The smallest absolute Gasteiger partial charge is 3.00 e. The molecule has 78 valence electrons. The summed E-state index contributed by atoms with van der Waals surface area (Å²) in [6.45, 7) is 0. The summed E-state index contributed by atoms with van der Waals surface area (Å²) in [4.78, 5) is 0. The van der Waals surface area contributed by atoms with E-state index in [0.717, 1.165) is 0 Å². The van der Waals surface area contributed by atoms with E-state index < -0.39 is 43.5 Å². The molecule has 0 saturated carbocycles. The quantitative estimate of drug-likeness (QED) is 0.215. The predicted octanol–water partition coefficient (Wildman–Crippen LogP) is -9.39. The Kier molecular flexibility index (Phi) is 52.9. The van der Waals surface area contributed by atoms with Gasteiger partial charge in [0.1, 0.15) is 0 Å². The number of hydrogen-bond acceptors (Lipinski definition) is 9. The van der Waals surface area contributed by atoms with Crippen LogP contribution in [0.1, 0.15) is 0 Å². The first-order valence-electron chi connectivity index (χ1n) is 1.50. The minimum absolute atomic E-state index is 0. The van der Waals surface area contributed by atoms with Gasteiger partial charge in [-0.05, 0) is 0 Å². The third-order valence-electron chi connectivity index (χ3n) is 0. The van der Waals surface area contributed by atoms with Gasteiger partial charge in [-0.1, -0.05) is 0 Å². The summed E-state index contributed by atoms with van der Waals surface area (Å²) in [5.74, 6) is 0. The maximum Gasteiger partial charge on any atom is 3.00 e. The molecule has 0 spiro atoms. The van der Waals surface area contributed by atoms with Gasteiger partial charge in [0.15, 0.2) is 0 Å². The minimum atomic E-state index is -3.79. The average molecular weight is 790 g/mol. The van der Waals surface area contributed by atoms with Crippen molar-refractivity contribution >= 4 is 98.1 Å². The van der Waals surface area contributed by atoms with Crippen molar-refractivity contribution in [1.82, 2.24) is 0 Å².